The molecule has 0 unspecified atom stereocenters. The summed E-state index contributed by atoms with van der Waals surface area (Å²) in [5, 5.41) is 4.44. The van der Waals surface area contributed by atoms with Crippen LogP contribution in [0.5, 0.6) is 0 Å². The SMILES string of the molecule is Cc1ccn(CC2(CS)CCOCC2)n1. The molecule has 0 bridgehead atoms. The maximum atomic E-state index is 5.41. The van der Waals surface area contributed by atoms with Crippen LogP contribution in [0.3, 0.4) is 0 Å². The Kier molecular flexibility index (Phi) is 3.36. The van der Waals surface area contributed by atoms with E-state index in [0.717, 1.165) is 44.0 Å². The monoisotopic (exact) mass is 226 g/mol. The molecule has 1 saturated heterocycles. The van der Waals surface area contributed by atoms with Crippen LogP contribution in [0.1, 0.15) is 18.5 Å². The molecule has 0 aliphatic carbocycles. The fraction of sp³-hybridized carbons (Fsp3) is 0.727. The van der Waals surface area contributed by atoms with Crippen molar-refractivity contribution in [3.05, 3.63) is 18.0 Å². The Morgan fingerprint density at radius 3 is 2.80 bits per heavy atom. The molecule has 84 valence electrons. The average Bonchev–Trinajstić information content (AvgIpc) is 2.65. The molecule has 0 saturated carbocycles. The van der Waals surface area contributed by atoms with Crippen molar-refractivity contribution in [3.8, 4) is 0 Å². The summed E-state index contributed by atoms with van der Waals surface area (Å²) in [5.74, 6) is 0.912. The summed E-state index contributed by atoms with van der Waals surface area (Å²) in [7, 11) is 0. The zero-order chi connectivity index (χ0) is 10.7. The Labute approximate surface area is 96.2 Å². The molecule has 1 aromatic heterocycles. The summed E-state index contributed by atoms with van der Waals surface area (Å²) in [6.07, 6.45) is 4.24. The van der Waals surface area contributed by atoms with Crippen molar-refractivity contribution >= 4 is 12.6 Å². The van der Waals surface area contributed by atoms with E-state index in [4.69, 9.17) is 4.74 Å². The number of aromatic nitrogens is 2. The van der Waals surface area contributed by atoms with E-state index >= 15 is 0 Å². The highest BCUT2D eigenvalue weighted by molar-refractivity contribution is 7.80. The van der Waals surface area contributed by atoms with E-state index in [-0.39, 0.29) is 5.41 Å². The van der Waals surface area contributed by atoms with Gasteiger partial charge in [-0.15, -0.1) is 0 Å². The summed E-state index contributed by atoms with van der Waals surface area (Å²) < 4.78 is 7.44. The number of rotatable bonds is 3. The molecule has 0 radical (unpaired) electrons. The van der Waals surface area contributed by atoms with Crippen LogP contribution in [0.15, 0.2) is 12.3 Å². The van der Waals surface area contributed by atoms with Crippen LogP contribution in [-0.4, -0.2) is 28.7 Å². The van der Waals surface area contributed by atoms with Gasteiger partial charge in [0.1, 0.15) is 0 Å². The number of nitrogens with zero attached hydrogens (tertiary/aromatic N) is 2. The Morgan fingerprint density at radius 2 is 2.27 bits per heavy atom. The summed E-state index contributed by atoms with van der Waals surface area (Å²) in [5.41, 5.74) is 1.36. The highest BCUT2D eigenvalue weighted by atomic mass is 32.1. The Morgan fingerprint density at radius 1 is 1.53 bits per heavy atom. The lowest BCUT2D eigenvalue weighted by Crippen LogP contribution is -2.35. The van der Waals surface area contributed by atoms with E-state index in [9.17, 15) is 0 Å². The smallest absolute Gasteiger partial charge is 0.0593 e. The third-order valence-electron chi connectivity index (χ3n) is 3.16. The average molecular weight is 226 g/mol. The van der Waals surface area contributed by atoms with Gasteiger partial charge in [0.2, 0.25) is 0 Å². The summed E-state index contributed by atoms with van der Waals surface area (Å²) in [4.78, 5) is 0. The lowest BCUT2D eigenvalue weighted by atomic mass is 9.82. The molecular weight excluding hydrogens is 208 g/mol. The molecule has 1 aliphatic rings. The summed E-state index contributed by atoms with van der Waals surface area (Å²) in [6, 6.07) is 2.05. The first kappa shape index (κ1) is 11.0. The third kappa shape index (κ3) is 2.55. The second kappa shape index (κ2) is 4.58. The topological polar surface area (TPSA) is 27.1 Å². The predicted octanol–water partition coefficient (Wildman–Crippen LogP) is 1.92. The largest absolute Gasteiger partial charge is 0.381 e. The molecule has 0 aromatic carbocycles. The van der Waals surface area contributed by atoms with Crippen LogP contribution in [0, 0.1) is 12.3 Å². The van der Waals surface area contributed by atoms with Crippen LogP contribution < -0.4 is 0 Å². The molecule has 3 nitrogen and oxygen atoms in total. The van der Waals surface area contributed by atoms with Crippen molar-refractivity contribution in [3.63, 3.8) is 0 Å². The molecule has 4 heteroatoms. The van der Waals surface area contributed by atoms with Crippen molar-refractivity contribution in [1.29, 1.82) is 0 Å². The minimum Gasteiger partial charge on any atom is -0.381 e. The summed E-state index contributed by atoms with van der Waals surface area (Å²) >= 11 is 4.49. The van der Waals surface area contributed by atoms with Crippen LogP contribution in [0.25, 0.3) is 0 Å². The molecule has 0 atom stereocenters. The number of hydrogen-bond acceptors (Lipinski definition) is 3. The molecule has 2 heterocycles. The first-order chi connectivity index (χ1) is 7.24. The van der Waals surface area contributed by atoms with Gasteiger partial charge < -0.3 is 4.74 Å². The zero-order valence-electron chi connectivity index (χ0n) is 9.15. The van der Waals surface area contributed by atoms with Gasteiger partial charge in [0, 0.05) is 31.4 Å². The van der Waals surface area contributed by atoms with Crippen molar-refractivity contribution in [2.75, 3.05) is 19.0 Å². The Bertz CT molecular complexity index is 318. The fourth-order valence-corrected chi connectivity index (χ4v) is 2.48. The highest BCUT2D eigenvalue weighted by Gasteiger charge is 2.31. The van der Waals surface area contributed by atoms with Gasteiger partial charge in [-0.25, -0.2) is 0 Å². The normalized spacial score (nSPS) is 20.4. The predicted molar refractivity (Wildman–Crippen MR) is 63.3 cm³/mol. The van der Waals surface area contributed by atoms with Gasteiger partial charge in [-0.05, 0) is 31.6 Å². The van der Waals surface area contributed by atoms with Crippen LogP contribution >= 0.6 is 12.6 Å². The molecule has 0 amide bonds. The van der Waals surface area contributed by atoms with Gasteiger partial charge >= 0.3 is 0 Å². The van der Waals surface area contributed by atoms with Crippen molar-refractivity contribution in [2.24, 2.45) is 5.41 Å². The lowest BCUT2D eigenvalue weighted by Gasteiger charge is -2.35. The Balaban J connectivity index is 2.06. The minimum atomic E-state index is 0.278. The van der Waals surface area contributed by atoms with E-state index in [1.165, 1.54) is 0 Å². The molecular formula is C11H18N2OS. The number of hydrogen-bond donors (Lipinski definition) is 1. The van der Waals surface area contributed by atoms with Crippen molar-refractivity contribution in [1.82, 2.24) is 9.78 Å². The molecule has 1 fully saturated rings. The standard InChI is InChI=1S/C11H18N2OS/c1-10-2-5-13(12-10)8-11(9-15)3-6-14-7-4-11/h2,5,15H,3-4,6-9H2,1H3. The molecule has 0 spiro atoms. The third-order valence-corrected chi connectivity index (χ3v) is 3.83. The van der Waals surface area contributed by atoms with Crippen LogP contribution in [0.2, 0.25) is 0 Å². The van der Waals surface area contributed by atoms with E-state index < -0.39 is 0 Å². The van der Waals surface area contributed by atoms with E-state index in [1.54, 1.807) is 0 Å². The van der Waals surface area contributed by atoms with Gasteiger partial charge in [-0.1, -0.05) is 0 Å². The summed E-state index contributed by atoms with van der Waals surface area (Å²) in [6.45, 7) is 4.71. The molecule has 0 N–H and O–H groups in total. The fourth-order valence-electron chi connectivity index (χ4n) is 2.07. The van der Waals surface area contributed by atoms with Gasteiger partial charge in [0.05, 0.1) is 5.69 Å². The van der Waals surface area contributed by atoms with E-state index in [1.807, 2.05) is 17.7 Å². The van der Waals surface area contributed by atoms with E-state index in [0.29, 0.717) is 0 Å². The minimum absolute atomic E-state index is 0.278. The van der Waals surface area contributed by atoms with Crippen LogP contribution in [-0.2, 0) is 11.3 Å². The van der Waals surface area contributed by atoms with Crippen molar-refractivity contribution in [2.45, 2.75) is 26.3 Å². The highest BCUT2D eigenvalue weighted by Crippen LogP contribution is 2.33. The molecule has 1 aliphatic heterocycles. The second-order valence-electron chi connectivity index (χ2n) is 4.43. The maximum Gasteiger partial charge on any atom is 0.0593 e. The number of thiol groups is 1. The number of ether oxygens (including phenoxy) is 1. The first-order valence-electron chi connectivity index (χ1n) is 5.43. The van der Waals surface area contributed by atoms with Gasteiger partial charge in [-0.2, -0.15) is 17.7 Å². The maximum absolute atomic E-state index is 5.41. The van der Waals surface area contributed by atoms with Gasteiger partial charge in [0.15, 0.2) is 0 Å². The zero-order valence-corrected chi connectivity index (χ0v) is 10.0. The lowest BCUT2D eigenvalue weighted by molar-refractivity contribution is 0.0165. The van der Waals surface area contributed by atoms with Crippen LogP contribution in [0.4, 0.5) is 0 Å². The van der Waals surface area contributed by atoms with Crippen molar-refractivity contribution < 1.29 is 4.74 Å². The quantitative estimate of drug-likeness (QED) is 0.797. The number of aryl methyl sites for hydroxylation is 1. The molecule has 15 heavy (non-hydrogen) atoms. The van der Waals surface area contributed by atoms with E-state index in [2.05, 4.69) is 23.9 Å². The van der Waals surface area contributed by atoms with Gasteiger partial charge in [-0.3, -0.25) is 4.68 Å². The van der Waals surface area contributed by atoms with Gasteiger partial charge in [0.25, 0.3) is 0 Å². The second-order valence-corrected chi connectivity index (χ2v) is 4.74. The molecule has 1 aromatic rings. The first-order valence-corrected chi connectivity index (χ1v) is 6.06. The Hall–Kier alpha value is -0.480. The molecule has 2 rings (SSSR count).